The predicted octanol–water partition coefficient (Wildman–Crippen LogP) is 0.769. The topological polar surface area (TPSA) is 63.9 Å². The van der Waals surface area contributed by atoms with E-state index in [9.17, 15) is 0 Å². The Bertz CT molecular complexity index is 515. The molecular formula is C13H18N3O2+. The Hall–Kier alpha value is -2.01. The van der Waals surface area contributed by atoms with Gasteiger partial charge in [-0.15, -0.1) is 0 Å². The van der Waals surface area contributed by atoms with E-state index in [4.69, 9.17) is 9.47 Å². The number of aryl methyl sites for hydroxylation is 1. The molecule has 96 valence electrons. The molecule has 0 aliphatic rings. The highest BCUT2D eigenvalue weighted by atomic mass is 16.5. The Morgan fingerprint density at radius 2 is 1.78 bits per heavy atom. The number of ether oxygens (including phenoxy) is 2. The van der Waals surface area contributed by atoms with E-state index in [1.807, 2.05) is 36.0 Å². The van der Waals surface area contributed by atoms with Gasteiger partial charge in [0.25, 0.3) is 0 Å². The highest BCUT2D eigenvalue weighted by Gasteiger charge is 2.18. The van der Waals surface area contributed by atoms with Crippen molar-refractivity contribution in [1.82, 2.24) is 9.55 Å². The summed E-state index contributed by atoms with van der Waals surface area (Å²) >= 11 is 0. The fraction of sp³-hybridized carbons (Fsp3) is 0.308. The molecule has 0 saturated carbocycles. The van der Waals surface area contributed by atoms with Gasteiger partial charge in [0.2, 0.25) is 0 Å². The van der Waals surface area contributed by atoms with Gasteiger partial charge in [0.1, 0.15) is 11.5 Å². The molecule has 0 spiro atoms. The number of methoxy groups -OCH3 is 2. The van der Waals surface area contributed by atoms with E-state index < -0.39 is 0 Å². The molecule has 0 fully saturated rings. The Balaban J connectivity index is 2.41. The van der Waals surface area contributed by atoms with Crippen molar-refractivity contribution < 1.29 is 15.2 Å². The second-order valence-corrected chi connectivity index (χ2v) is 4.09. The van der Waals surface area contributed by atoms with Crippen LogP contribution < -0.4 is 15.2 Å². The molecule has 1 heterocycles. The fourth-order valence-corrected chi connectivity index (χ4v) is 1.89. The van der Waals surface area contributed by atoms with Crippen LogP contribution in [0.1, 0.15) is 17.4 Å². The van der Waals surface area contributed by atoms with Gasteiger partial charge in [-0.3, -0.25) is 0 Å². The molecule has 0 aliphatic heterocycles. The predicted molar refractivity (Wildman–Crippen MR) is 67.5 cm³/mol. The molecule has 1 atom stereocenters. The van der Waals surface area contributed by atoms with E-state index in [0.29, 0.717) is 0 Å². The number of aromatic nitrogens is 2. The SMILES string of the molecule is COc1cc(OC)cc([C@@H]([NH3+])c2nccn2C)c1. The van der Waals surface area contributed by atoms with Crippen molar-refractivity contribution in [2.24, 2.45) is 7.05 Å². The molecule has 18 heavy (non-hydrogen) atoms. The number of hydrogen-bond acceptors (Lipinski definition) is 3. The van der Waals surface area contributed by atoms with Crippen LogP contribution >= 0.6 is 0 Å². The number of nitrogens with zero attached hydrogens (tertiary/aromatic N) is 2. The monoisotopic (exact) mass is 248 g/mol. The zero-order valence-corrected chi connectivity index (χ0v) is 10.9. The van der Waals surface area contributed by atoms with Crippen LogP contribution in [0.4, 0.5) is 0 Å². The van der Waals surface area contributed by atoms with Gasteiger partial charge < -0.3 is 19.8 Å². The Morgan fingerprint density at radius 1 is 1.17 bits per heavy atom. The largest absolute Gasteiger partial charge is 0.497 e. The molecule has 2 aromatic rings. The van der Waals surface area contributed by atoms with Gasteiger partial charge in [-0.25, -0.2) is 4.98 Å². The molecule has 2 rings (SSSR count). The zero-order chi connectivity index (χ0) is 13.1. The molecule has 0 bridgehead atoms. The van der Waals surface area contributed by atoms with E-state index in [1.165, 1.54) is 0 Å². The Labute approximate surface area is 106 Å². The minimum atomic E-state index is -0.0611. The molecule has 0 saturated heterocycles. The normalized spacial score (nSPS) is 12.2. The summed E-state index contributed by atoms with van der Waals surface area (Å²) in [5.41, 5.74) is 5.18. The molecule has 1 aromatic heterocycles. The van der Waals surface area contributed by atoms with Crippen molar-refractivity contribution in [2.75, 3.05) is 14.2 Å². The van der Waals surface area contributed by atoms with E-state index in [1.54, 1.807) is 20.4 Å². The van der Waals surface area contributed by atoms with Crippen LogP contribution in [0.25, 0.3) is 0 Å². The maximum atomic E-state index is 5.26. The van der Waals surface area contributed by atoms with Gasteiger partial charge in [-0.1, -0.05) is 0 Å². The number of hydrogen-bond donors (Lipinski definition) is 1. The van der Waals surface area contributed by atoms with E-state index in [-0.39, 0.29) is 6.04 Å². The first-order valence-electron chi connectivity index (χ1n) is 5.69. The summed E-state index contributed by atoms with van der Waals surface area (Å²) in [7, 11) is 5.23. The van der Waals surface area contributed by atoms with Crippen LogP contribution in [0.2, 0.25) is 0 Å². The van der Waals surface area contributed by atoms with Crippen molar-refractivity contribution >= 4 is 0 Å². The molecule has 0 radical (unpaired) electrons. The van der Waals surface area contributed by atoms with Gasteiger partial charge >= 0.3 is 0 Å². The van der Waals surface area contributed by atoms with Gasteiger partial charge in [-0.2, -0.15) is 0 Å². The molecule has 5 heteroatoms. The summed E-state index contributed by atoms with van der Waals surface area (Å²) in [4.78, 5) is 4.32. The second-order valence-electron chi connectivity index (χ2n) is 4.09. The maximum Gasteiger partial charge on any atom is 0.172 e. The van der Waals surface area contributed by atoms with Crippen LogP contribution in [0.5, 0.6) is 11.5 Å². The standard InChI is InChI=1S/C13H17N3O2/c1-16-5-4-15-13(16)12(14)9-6-10(17-2)8-11(7-9)18-3/h4-8,12H,14H2,1-3H3/p+1/t12-/m1/s1. The first-order chi connectivity index (χ1) is 8.65. The van der Waals surface area contributed by atoms with Gasteiger partial charge in [-0.05, 0) is 12.1 Å². The third kappa shape index (κ3) is 2.31. The summed E-state index contributed by atoms with van der Waals surface area (Å²) in [5, 5.41) is 0. The smallest absolute Gasteiger partial charge is 0.172 e. The van der Waals surface area contributed by atoms with Crippen LogP contribution in [0.15, 0.2) is 30.6 Å². The minimum absolute atomic E-state index is 0.0611. The fourth-order valence-electron chi connectivity index (χ4n) is 1.89. The average molecular weight is 248 g/mol. The van der Waals surface area contributed by atoms with Crippen LogP contribution in [-0.4, -0.2) is 23.8 Å². The van der Waals surface area contributed by atoms with Crippen molar-refractivity contribution in [3.63, 3.8) is 0 Å². The molecule has 0 unspecified atom stereocenters. The lowest BCUT2D eigenvalue weighted by Crippen LogP contribution is -2.55. The summed E-state index contributed by atoms with van der Waals surface area (Å²) in [6.45, 7) is 0. The summed E-state index contributed by atoms with van der Waals surface area (Å²) in [5.74, 6) is 2.42. The molecule has 0 amide bonds. The molecular weight excluding hydrogens is 230 g/mol. The molecule has 5 nitrogen and oxygen atoms in total. The summed E-state index contributed by atoms with van der Waals surface area (Å²) in [6, 6.07) is 5.69. The van der Waals surface area contributed by atoms with Gasteiger partial charge in [0.15, 0.2) is 11.9 Å². The average Bonchev–Trinajstić information content (AvgIpc) is 2.83. The lowest BCUT2D eigenvalue weighted by molar-refractivity contribution is -0.414. The van der Waals surface area contributed by atoms with E-state index in [2.05, 4.69) is 10.7 Å². The van der Waals surface area contributed by atoms with Gasteiger partial charge in [0, 0.05) is 31.1 Å². The molecule has 3 N–H and O–H groups in total. The number of quaternary nitrogens is 1. The molecule has 1 aromatic carbocycles. The summed E-state index contributed by atoms with van der Waals surface area (Å²) < 4.78 is 12.5. The number of benzene rings is 1. The zero-order valence-electron chi connectivity index (χ0n) is 10.9. The van der Waals surface area contributed by atoms with E-state index in [0.717, 1.165) is 22.9 Å². The van der Waals surface area contributed by atoms with Gasteiger partial charge in [0.05, 0.1) is 14.2 Å². The van der Waals surface area contributed by atoms with Crippen molar-refractivity contribution in [3.05, 3.63) is 42.0 Å². The Morgan fingerprint density at radius 3 is 2.22 bits per heavy atom. The number of rotatable bonds is 4. The quantitative estimate of drug-likeness (QED) is 0.869. The Kier molecular flexibility index (Phi) is 3.53. The lowest BCUT2D eigenvalue weighted by Gasteiger charge is -2.12. The lowest BCUT2D eigenvalue weighted by atomic mass is 10.1. The summed E-state index contributed by atoms with van der Waals surface area (Å²) in [6.07, 6.45) is 3.68. The maximum absolute atomic E-state index is 5.26. The van der Waals surface area contributed by atoms with Crippen molar-refractivity contribution in [1.29, 1.82) is 0 Å². The molecule has 0 aliphatic carbocycles. The number of imidazole rings is 1. The van der Waals surface area contributed by atoms with Crippen LogP contribution in [-0.2, 0) is 7.05 Å². The van der Waals surface area contributed by atoms with Crippen LogP contribution in [0, 0.1) is 0 Å². The highest BCUT2D eigenvalue weighted by Crippen LogP contribution is 2.27. The highest BCUT2D eigenvalue weighted by molar-refractivity contribution is 5.40. The second kappa shape index (κ2) is 5.10. The first-order valence-corrected chi connectivity index (χ1v) is 5.69. The van der Waals surface area contributed by atoms with E-state index >= 15 is 0 Å². The van der Waals surface area contributed by atoms with Crippen LogP contribution in [0.3, 0.4) is 0 Å². The van der Waals surface area contributed by atoms with Crippen molar-refractivity contribution in [3.8, 4) is 11.5 Å². The minimum Gasteiger partial charge on any atom is -0.497 e. The van der Waals surface area contributed by atoms with Crippen molar-refractivity contribution in [2.45, 2.75) is 6.04 Å². The third-order valence-corrected chi connectivity index (χ3v) is 2.95. The first kappa shape index (κ1) is 12.4. The third-order valence-electron chi connectivity index (χ3n) is 2.95.